The molecular weight excluding hydrogens is 378 g/mol. The van der Waals surface area contributed by atoms with Crippen LogP contribution < -0.4 is 14.8 Å². The van der Waals surface area contributed by atoms with Crippen LogP contribution in [0.1, 0.15) is 16.1 Å². The van der Waals surface area contributed by atoms with Gasteiger partial charge in [0.25, 0.3) is 5.91 Å². The molecule has 0 bridgehead atoms. The minimum atomic E-state index is -0.339. The largest absolute Gasteiger partial charge is 0.497 e. The Morgan fingerprint density at radius 3 is 2.57 bits per heavy atom. The molecule has 28 heavy (non-hydrogen) atoms. The van der Waals surface area contributed by atoms with Crippen LogP contribution in [0.2, 0.25) is 0 Å². The maximum atomic E-state index is 12.6. The van der Waals surface area contributed by atoms with Crippen molar-refractivity contribution in [1.29, 1.82) is 0 Å². The summed E-state index contributed by atoms with van der Waals surface area (Å²) in [5.74, 6) is 0.958. The van der Waals surface area contributed by atoms with Gasteiger partial charge >= 0.3 is 0 Å². The number of methoxy groups -OCH3 is 2. The van der Waals surface area contributed by atoms with Crippen LogP contribution in [0, 0.1) is 6.92 Å². The smallest absolute Gasteiger partial charge is 0.277 e. The van der Waals surface area contributed by atoms with E-state index in [1.807, 2.05) is 41.8 Å². The highest BCUT2D eigenvalue weighted by atomic mass is 32.1. The van der Waals surface area contributed by atoms with Crippen molar-refractivity contribution in [3.63, 3.8) is 0 Å². The Morgan fingerprint density at radius 2 is 1.89 bits per heavy atom. The zero-order valence-corrected chi connectivity index (χ0v) is 16.3. The first-order valence-electron chi connectivity index (χ1n) is 8.40. The van der Waals surface area contributed by atoms with Crippen molar-refractivity contribution >= 4 is 28.0 Å². The van der Waals surface area contributed by atoms with Crippen molar-refractivity contribution < 1.29 is 14.3 Å². The van der Waals surface area contributed by atoms with Crippen molar-refractivity contribution in [3.8, 4) is 22.1 Å². The summed E-state index contributed by atoms with van der Waals surface area (Å²) in [5.41, 5.74) is 2.84. The maximum Gasteiger partial charge on any atom is 0.277 e. The number of ether oxygens (including phenoxy) is 2. The van der Waals surface area contributed by atoms with Gasteiger partial charge in [0.1, 0.15) is 27.8 Å². The van der Waals surface area contributed by atoms with Gasteiger partial charge in [0.05, 0.1) is 14.2 Å². The van der Waals surface area contributed by atoms with Crippen molar-refractivity contribution in [2.24, 2.45) is 0 Å². The standard InChI is InChI=1S/C19H17N5O3S/c1-11-5-4-6-24-10-15(20-16(11)24)17(25)21-19-23-22-18(28-19)12-7-13(26-2)9-14(8-12)27-3/h4-10H,1-3H3,(H,21,23,25). The number of nitrogens with one attached hydrogen (secondary N) is 1. The summed E-state index contributed by atoms with van der Waals surface area (Å²) in [6.45, 7) is 1.95. The molecular formula is C19H17N5O3S. The van der Waals surface area contributed by atoms with E-state index in [1.54, 1.807) is 26.5 Å². The molecule has 1 aromatic carbocycles. The lowest BCUT2D eigenvalue weighted by Crippen LogP contribution is -2.12. The van der Waals surface area contributed by atoms with Crippen LogP contribution in [0.3, 0.4) is 0 Å². The SMILES string of the molecule is COc1cc(OC)cc(-c2nnc(NC(=O)c3cn4cccc(C)c4n3)s2)c1. The summed E-state index contributed by atoms with van der Waals surface area (Å²) in [6.07, 6.45) is 3.54. The molecule has 8 nitrogen and oxygen atoms in total. The molecule has 4 aromatic rings. The predicted molar refractivity (Wildman–Crippen MR) is 106 cm³/mol. The number of aryl methyl sites for hydroxylation is 1. The van der Waals surface area contributed by atoms with E-state index in [0.717, 1.165) is 16.8 Å². The lowest BCUT2D eigenvalue weighted by molar-refractivity contribution is 0.102. The average Bonchev–Trinajstić information content (AvgIpc) is 3.35. The third-order valence-electron chi connectivity index (χ3n) is 4.15. The number of imidazole rings is 1. The monoisotopic (exact) mass is 395 g/mol. The molecule has 0 atom stereocenters. The molecule has 1 amide bonds. The van der Waals surface area contributed by atoms with Crippen LogP contribution in [-0.4, -0.2) is 39.7 Å². The van der Waals surface area contributed by atoms with Gasteiger partial charge < -0.3 is 13.9 Å². The molecule has 0 aliphatic carbocycles. The molecule has 0 spiro atoms. The Morgan fingerprint density at radius 1 is 1.14 bits per heavy atom. The first kappa shape index (κ1) is 17.9. The quantitative estimate of drug-likeness (QED) is 0.557. The van der Waals surface area contributed by atoms with E-state index >= 15 is 0 Å². The molecule has 0 unspecified atom stereocenters. The molecule has 142 valence electrons. The van der Waals surface area contributed by atoms with E-state index in [2.05, 4.69) is 20.5 Å². The van der Waals surface area contributed by atoms with Gasteiger partial charge in [-0.1, -0.05) is 17.4 Å². The lowest BCUT2D eigenvalue weighted by atomic mass is 10.2. The van der Waals surface area contributed by atoms with Gasteiger partial charge in [-0.25, -0.2) is 4.98 Å². The van der Waals surface area contributed by atoms with Crippen LogP contribution in [0.15, 0.2) is 42.7 Å². The van der Waals surface area contributed by atoms with Gasteiger partial charge in [0.2, 0.25) is 5.13 Å². The van der Waals surface area contributed by atoms with Crippen LogP contribution >= 0.6 is 11.3 Å². The number of nitrogens with zero attached hydrogens (tertiary/aromatic N) is 4. The Hall–Kier alpha value is -3.46. The van der Waals surface area contributed by atoms with E-state index in [1.165, 1.54) is 11.3 Å². The minimum Gasteiger partial charge on any atom is -0.497 e. The molecule has 4 rings (SSSR count). The molecule has 0 aliphatic rings. The molecule has 0 saturated heterocycles. The number of benzene rings is 1. The number of carbonyl (C=O) groups excluding carboxylic acids is 1. The third kappa shape index (κ3) is 3.39. The summed E-state index contributed by atoms with van der Waals surface area (Å²) in [5, 5.41) is 12.0. The van der Waals surface area contributed by atoms with Crippen molar-refractivity contribution in [1.82, 2.24) is 19.6 Å². The Balaban J connectivity index is 1.57. The van der Waals surface area contributed by atoms with Gasteiger partial charge in [-0.2, -0.15) is 0 Å². The van der Waals surface area contributed by atoms with Crippen LogP contribution in [-0.2, 0) is 0 Å². The number of amides is 1. The maximum absolute atomic E-state index is 12.6. The molecule has 0 fully saturated rings. The highest BCUT2D eigenvalue weighted by Crippen LogP contribution is 2.32. The second kappa shape index (κ2) is 7.28. The van der Waals surface area contributed by atoms with Gasteiger partial charge in [0, 0.05) is 24.0 Å². The summed E-state index contributed by atoms with van der Waals surface area (Å²) in [6, 6.07) is 9.30. The Labute approximate surface area is 164 Å². The number of hydrogen-bond donors (Lipinski definition) is 1. The third-order valence-corrected chi connectivity index (χ3v) is 5.04. The van der Waals surface area contributed by atoms with Gasteiger partial charge in [-0.05, 0) is 30.7 Å². The van der Waals surface area contributed by atoms with Crippen molar-refractivity contribution in [3.05, 3.63) is 54.0 Å². The number of anilines is 1. The second-order valence-electron chi connectivity index (χ2n) is 6.02. The van der Waals surface area contributed by atoms with Gasteiger partial charge in [-0.15, -0.1) is 10.2 Å². The number of hydrogen-bond acceptors (Lipinski definition) is 7. The Bertz CT molecular complexity index is 1150. The fourth-order valence-electron chi connectivity index (χ4n) is 2.75. The van der Waals surface area contributed by atoms with E-state index in [0.29, 0.717) is 27.3 Å². The van der Waals surface area contributed by atoms with E-state index in [-0.39, 0.29) is 5.91 Å². The Kier molecular flexibility index (Phi) is 4.66. The molecule has 0 saturated carbocycles. The normalized spacial score (nSPS) is 10.8. The molecule has 3 aromatic heterocycles. The fraction of sp³-hybridized carbons (Fsp3) is 0.158. The van der Waals surface area contributed by atoms with E-state index in [9.17, 15) is 4.79 Å². The number of pyridine rings is 1. The molecule has 9 heteroatoms. The van der Waals surface area contributed by atoms with Crippen molar-refractivity contribution in [2.45, 2.75) is 6.92 Å². The molecule has 0 aliphatic heterocycles. The number of carbonyl (C=O) groups is 1. The highest BCUT2D eigenvalue weighted by Gasteiger charge is 2.16. The van der Waals surface area contributed by atoms with Crippen molar-refractivity contribution in [2.75, 3.05) is 19.5 Å². The van der Waals surface area contributed by atoms with E-state index in [4.69, 9.17) is 9.47 Å². The van der Waals surface area contributed by atoms with E-state index < -0.39 is 0 Å². The molecule has 3 heterocycles. The zero-order valence-electron chi connectivity index (χ0n) is 15.5. The number of fused-ring (bicyclic) bond motifs is 1. The number of aromatic nitrogens is 4. The number of rotatable bonds is 5. The van der Waals surface area contributed by atoms with Gasteiger partial charge in [-0.3, -0.25) is 10.1 Å². The molecule has 1 N–H and O–H groups in total. The zero-order chi connectivity index (χ0) is 19.7. The summed E-state index contributed by atoms with van der Waals surface area (Å²) < 4.78 is 12.4. The summed E-state index contributed by atoms with van der Waals surface area (Å²) in [7, 11) is 3.17. The van der Waals surface area contributed by atoms with Gasteiger partial charge in [0.15, 0.2) is 0 Å². The van der Waals surface area contributed by atoms with Crippen LogP contribution in [0.25, 0.3) is 16.2 Å². The molecule has 0 radical (unpaired) electrons. The minimum absolute atomic E-state index is 0.314. The lowest BCUT2D eigenvalue weighted by Gasteiger charge is -2.06. The summed E-state index contributed by atoms with van der Waals surface area (Å²) >= 11 is 1.26. The topological polar surface area (TPSA) is 90.6 Å². The van der Waals surface area contributed by atoms with Crippen LogP contribution in [0.5, 0.6) is 11.5 Å². The average molecular weight is 395 g/mol. The predicted octanol–water partition coefficient (Wildman–Crippen LogP) is 3.43. The fourth-order valence-corrected chi connectivity index (χ4v) is 3.47. The van der Waals surface area contributed by atoms with Crippen LogP contribution in [0.4, 0.5) is 5.13 Å². The first-order valence-corrected chi connectivity index (χ1v) is 9.21. The second-order valence-corrected chi connectivity index (χ2v) is 6.99. The summed E-state index contributed by atoms with van der Waals surface area (Å²) in [4.78, 5) is 16.9. The first-order chi connectivity index (χ1) is 13.6. The highest BCUT2D eigenvalue weighted by molar-refractivity contribution is 7.18.